The number of thioether (sulfide) groups is 1. The minimum atomic E-state index is 0.660. The largest absolute Gasteiger partial charge is 0.369 e. The van der Waals surface area contributed by atoms with Crippen LogP contribution in [0.1, 0.15) is 12.8 Å². The molecule has 1 N–H and O–H groups in total. The van der Waals surface area contributed by atoms with Crippen molar-refractivity contribution in [3.05, 3.63) is 0 Å². The predicted molar refractivity (Wildman–Crippen MR) is 61.1 cm³/mol. The molecule has 4 heteroatoms. The molecule has 0 unspecified atom stereocenters. The normalized spacial score (nSPS) is 50.1. The molecule has 2 aliphatic carbocycles. The molecule has 0 spiro atoms. The van der Waals surface area contributed by atoms with Gasteiger partial charge in [-0.05, 0) is 30.6 Å². The molecule has 0 aromatic carbocycles. The molecule has 2 saturated carbocycles. The Labute approximate surface area is 94.0 Å². The van der Waals surface area contributed by atoms with Gasteiger partial charge in [-0.25, -0.2) is 0 Å². The Morgan fingerprint density at radius 2 is 2.40 bits per heavy atom. The quantitative estimate of drug-likeness (QED) is 0.714. The Bertz CT molecular complexity index is 320. The lowest BCUT2D eigenvalue weighted by atomic mass is 9.90. The second kappa shape index (κ2) is 3.14. The van der Waals surface area contributed by atoms with E-state index >= 15 is 0 Å². The van der Waals surface area contributed by atoms with Crippen molar-refractivity contribution in [1.82, 2.24) is 5.32 Å². The number of fused-ring (bicyclic) bond motifs is 5. The number of ether oxygens (including phenoxy) is 1. The Morgan fingerprint density at radius 3 is 3.13 bits per heavy atom. The van der Waals surface area contributed by atoms with E-state index in [1.807, 2.05) is 11.8 Å². The van der Waals surface area contributed by atoms with E-state index in [0.29, 0.717) is 12.2 Å². The summed E-state index contributed by atoms with van der Waals surface area (Å²) in [7, 11) is 0. The fourth-order valence-corrected chi connectivity index (χ4v) is 4.72. The second-order valence-electron chi connectivity index (χ2n) is 5.15. The third kappa shape index (κ3) is 1.34. The summed E-state index contributed by atoms with van der Waals surface area (Å²) in [6.45, 7) is 2.00. The monoisotopic (exact) mass is 224 g/mol. The van der Waals surface area contributed by atoms with Crippen LogP contribution in [0.2, 0.25) is 0 Å². The third-order valence-electron chi connectivity index (χ3n) is 4.31. The van der Waals surface area contributed by atoms with Crippen molar-refractivity contribution in [2.45, 2.75) is 25.0 Å². The SMILES string of the molecule is C1CNC(SC[C@@H]2C[C@H]3C[C@@H]2[C@H]2O[C@H]32)=N1. The summed E-state index contributed by atoms with van der Waals surface area (Å²) < 4.78 is 5.69. The van der Waals surface area contributed by atoms with Crippen LogP contribution in [0.25, 0.3) is 0 Å². The number of epoxide rings is 1. The summed E-state index contributed by atoms with van der Waals surface area (Å²) in [6, 6.07) is 0. The number of rotatable bonds is 2. The first-order valence-electron chi connectivity index (χ1n) is 5.98. The van der Waals surface area contributed by atoms with Gasteiger partial charge in [-0.15, -0.1) is 0 Å². The topological polar surface area (TPSA) is 36.9 Å². The summed E-state index contributed by atoms with van der Waals surface area (Å²) in [5.74, 6) is 3.94. The van der Waals surface area contributed by atoms with Gasteiger partial charge in [-0.3, -0.25) is 4.99 Å². The Morgan fingerprint density at radius 1 is 1.40 bits per heavy atom. The first-order valence-corrected chi connectivity index (χ1v) is 6.97. The van der Waals surface area contributed by atoms with Gasteiger partial charge < -0.3 is 10.1 Å². The minimum Gasteiger partial charge on any atom is -0.369 e. The van der Waals surface area contributed by atoms with E-state index in [9.17, 15) is 0 Å². The van der Waals surface area contributed by atoms with E-state index in [1.54, 1.807) is 0 Å². The van der Waals surface area contributed by atoms with Crippen LogP contribution in [0.4, 0.5) is 0 Å². The molecule has 1 saturated heterocycles. The molecule has 0 radical (unpaired) electrons. The molecule has 0 aromatic rings. The van der Waals surface area contributed by atoms with E-state index in [-0.39, 0.29) is 0 Å². The van der Waals surface area contributed by atoms with Gasteiger partial charge in [0, 0.05) is 12.3 Å². The van der Waals surface area contributed by atoms with Crippen molar-refractivity contribution in [3.8, 4) is 0 Å². The van der Waals surface area contributed by atoms with Crippen LogP contribution in [0.5, 0.6) is 0 Å². The molecule has 3 fully saturated rings. The third-order valence-corrected chi connectivity index (χ3v) is 5.45. The molecular formula is C11H16N2OS. The Kier molecular flexibility index (Phi) is 1.86. The number of nitrogens with one attached hydrogen (secondary N) is 1. The van der Waals surface area contributed by atoms with E-state index in [4.69, 9.17) is 4.74 Å². The lowest BCUT2D eigenvalue weighted by Gasteiger charge is -2.18. The second-order valence-corrected chi connectivity index (χ2v) is 6.15. The number of nitrogens with zero attached hydrogens (tertiary/aromatic N) is 1. The molecule has 0 amide bonds. The van der Waals surface area contributed by atoms with Crippen molar-refractivity contribution in [3.63, 3.8) is 0 Å². The fraction of sp³-hybridized carbons (Fsp3) is 0.909. The average molecular weight is 224 g/mol. The zero-order valence-corrected chi connectivity index (χ0v) is 9.50. The van der Waals surface area contributed by atoms with Crippen molar-refractivity contribution in [1.29, 1.82) is 0 Å². The zero-order chi connectivity index (χ0) is 9.83. The van der Waals surface area contributed by atoms with Gasteiger partial charge in [0.25, 0.3) is 0 Å². The molecule has 3 nitrogen and oxygen atoms in total. The minimum absolute atomic E-state index is 0.660. The van der Waals surface area contributed by atoms with Gasteiger partial charge in [0.2, 0.25) is 0 Å². The van der Waals surface area contributed by atoms with E-state index in [0.717, 1.165) is 30.8 Å². The molecule has 0 aromatic heterocycles. The highest BCUT2D eigenvalue weighted by molar-refractivity contribution is 8.13. The number of aliphatic imine (C=N–C) groups is 1. The Balaban J connectivity index is 1.35. The maximum atomic E-state index is 5.69. The predicted octanol–water partition coefficient (Wildman–Crippen LogP) is 1.10. The van der Waals surface area contributed by atoms with Crippen molar-refractivity contribution >= 4 is 16.9 Å². The molecule has 5 atom stereocenters. The Hall–Kier alpha value is -0.220. The molecule has 2 heterocycles. The first-order chi connectivity index (χ1) is 7.42. The summed E-state index contributed by atoms with van der Waals surface area (Å²) in [6.07, 6.45) is 4.19. The average Bonchev–Trinajstić information content (AvgIpc) is 2.67. The highest BCUT2D eigenvalue weighted by Gasteiger charge is 2.62. The zero-order valence-electron chi connectivity index (χ0n) is 8.69. The molecule has 15 heavy (non-hydrogen) atoms. The van der Waals surface area contributed by atoms with Crippen LogP contribution in [0.15, 0.2) is 4.99 Å². The van der Waals surface area contributed by atoms with Gasteiger partial charge in [0.15, 0.2) is 5.17 Å². The first kappa shape index (κ1) is 8.88. The lowest BCUT2D eigenvalue weighted by Crippen LogP contribution is -2.22. The number of amidine groups is 1. The molecule has 2 bridgehead atoms. The van der Waals surface area contributed by atoms with Crippen molar-refractivity contribution in [2.24, 2.45) is 22.7 Å². The number of hydrogen-bond acceptors (Lipinski definition) is 4. The van der Waals surface area contributed by atoms with Gasteiger partial charge >= 0.3 is 0 Å². The number of hydrogen-bond donors (Lipinski definition) is 1. The maximum Gasteiger partial charge on any atom is 0.156 e. The van der Waals surface area contributed by atoms with Crippen LogP contribution in [-0.4, -0.2) is 36.2 Å². The highest BCUT2D eigenvalue weighted by Crippen LogP contribution is 2.59. The summed E-state index contributed by atoms with van der Waals surface area (Å²) in [4.78, 5) is 4.43. The van der Waals surface area contributed by atoms with E-state index < -0.39 is 0 Å². The van der Waals surface area contributed by atoms with Crippen LogP contribution >= 0.6 is 11.8 Å². The fourth-order valence-electron chi connectivity index (χ4n) is 3.58. The highest BCUT2D eigenvalue weighted by atomic mass is 32.2. The standard InChI is InChI=1S/C11H16N2OS/c1-2-13-11(12-1)15-5-7-3-6-4-8(7)10-9(6)14-10/h6-10H,1-5H2,(H,12,13)/t6-,7-,8-,9+,10+/m0/s1. The summed E-state index contributed by atoms with van der Waals surface area (Å²) >= 11 is 1.92. The van der Waals surface area contributed by atoms with Crippen LogP contribution in [0, 0.1) is 17.8 Å². The van der Waals surface area contributed by atoms with Gasteiger partial charge in [0.05, 0.1) is 18.8 Å². The van der Waals surface area contributed by atoms with Crippen LogP contribution in [0.3, 0.4) is 0 Å². The molecule has 4 rings (SSSR count). The summed E-state index contributed by atoms with van der Waals surface area (Å²) in [5.41, 5.74) is 0. The smallest absolute Gasteiger partial charge is 0.156 e. The molecule has 4 aliphatic rings. The molecular weight excluding hydrogens is 208 g/mol. The van der Waals surface area contributed by atoms with Crippen molar-refractivity contribution in [2.75, 3.05) is 18.8 Å². The van der Waals surface area contributed by atoms with Crippen molar-refractivity contribution < 1.29 is 4.74 Å². The van der Waals surface area contributed by atoms with Gasteiger partial charge in [-0.1, -0.05) is 11.8 Å². The van der Waals surface area contributed by atoms with Crippen LogP contribution < -0.4 is 5.32 Å². The van der Waals surface area contributed by atoms with E-state index in [1.165, 1.54) is 23.8 Å². The van der Waals surface area contributed by atoms with E-state index in [2.05, 4.69) is 10.3 Å². The van der Waals surface area contributed by atoms with Crippen LogP contribution in [-0.2, 0) is 4.74 Å². The summed E-state index contributed by atoms with van der Waals surface area (Å²) in [5, 5.41) is 4.50. The molecule has 2 aliphatic heterocycles. The van der Waals surface area contributed by atoms with Gasteiger partial charge in [0.1, 0.15) is 0 Å². The lowest BCUT2D eigenvalue weighted by molar-refractivity contribution is 0.255. The molecule has 82 valence electrons. The van der Waals surface area contributed by atoms with Gasteiger partial charge in [-0.2, -0.15) is 0 Å². The maximum absolute atomic E-state index is 5.69.